The number of hydrogen-bond acceptors (Lipinski definition) is 2. The van der Waals surface area contributed by atoms with E-state index in [0.717, 1.165) is 0 Å². The van der Waals surface area contributed by atoms with Crippen LogP contribution in [0, 0.1) is 0 Å². The van der Waals surface area contributed by atoms with Crippen molar-refractivity contribution in [1.82, 2.24) is 16.0 Å². The third kappa shape index (κ3) is 4.08. The SMILES string of the molecule is CCNC(=O)NC(=S)NC. The molecule has 0 saturated carbocycles. The number of carbonyl (C=O) groups is 1. The standard InChI is InChI=1S/C5H11N3OS/c1-3-7-4(9)8-5(10)6-2/h3H2,1-2H3,(H3,6,7,8,9,10). The van der Waals surface area contributed by atoms with E-state index in [1.807, 2.05) is 6.92 Å². The summed E-state index contributed by atoms with van der Waals surface area (Å²) in [5, 5.41) is 7.87. The number of rotatable bonds is 1. The van der Waals surface area contributed by atoms with Crippen molar-refractivity contribution in [2.45, 2.75) is 6.92 Å². The van der Waals surface area contributed by atoms with E-state index in [-0.39, 0.29) is 6.03 Å². The maximum absolute atomic E-state index is 10.7. The summed E-state index contributed by atoms with van der Waals surface area (Å²) in [5.74, 6) is 0. The van der Waals surface area contributed by atoms with Gasteiger partial charge in [0.2, 0.25) is 0 Å². The smallest absolute Gasteiger partial charge is 0.320 e. The van der Waals surface area contributed by atoms with Crippen molar-refractivity contribution in [3.05, 3.63) is 0 Å². The van der Waals surface area contributed by atoms with Gasteiger partial charge < -0.3 is 10.6 Å². The van der Waals surface area contributed by atoms with Crippen LogP contribution in [-0.2, 0) is 0 Å². The topological polar surface area (TPSA) is 53.2 Å². The molecular weight excluding hydrogens is 150 g/mol. The molecule has 0 aromatic heterocycles. The molecule has 0 unspecified atom stereocenters. The number of amides is 2. The van der Waals surface area contributed by atoms with Gasteiger partial charge in [0.15, 0.2) is 5.11 Å². The quantitative estimate of drug-likeness (QED) is 0.467. The number of urea groups is 1. The van der Waals surface area contributed by atoms with Gasteiger partial charge in [-0.1, -0.05) is 0 Å². The zero-order chi connectivity index (χ0) is 7.98. The van der Waals surface area contributed by atoms with Crippen molar-refractivity contribution in [3.8, 4) is 0 Å². The highest BCUT2D eigenvalue weighted by molar-refractivity contribution is 7.80. The summed E-state index contributed by atoms with van der Waals surface area (Å²) in [4.78, 5) is 10.7. The van der Waals surface area contributed by atoms with Gasteiger partial charge in [0.05, 0.1) is 0 Å². The number of nitrogens with one attached hydrogen (secondary N) is 3. The summed E-state index contributed by atoms with van der Waals surface area (Å²) in [6, 6.07) is -0.276. The van der Waals surface area contributed by atoms with Crippen LogP contribution in [0.5, 0.6) is 0 Å². The zero-order valence-electron chi connectivity index (χ0n) is 6.02. The zero-order valence-corrected chi connectivity index (χ0v) is 6.84. The Morgan fingerprint density at radius 2 is 2.20 bits per heavy atom. The first-order valence-electron chi connectivity index (χ1n) is 2.97. The lowest BCUT2D eigenvalue weighted by Crippen LogP contribution is -2.43. The monoisotopic (exact) mass is 161 g/mol. The van der Waals surface area contributed by atoms with Crippen LogP contribution in [-0.4, -0.2) is 24.7 Å². The first kappa shape index (κ1) is 9.16. The third-order valence-corrected chi connectivity index (χ3v) is 1.10. The third-order valence-electron chi connectivity index (χ3n) is 0.791. The maximum Gasteiger partial charge on any atom is 0.320 e. The van der Waals surface area contributed by atoms with Gasteiger partial charge in [-0.25, -0.2) is 4.79 Å². The van der Waals surface area contributed by atoms with E-state index in [2.05, 4.69) is 28.2 Å². The minimum absolute atomic E-state index is 0.276. The molecule has 0 aromatic rings. The van der Waals surface area contributed by atoms with Gasteiger partial charge in [-0.2, -0.15) is 0 Å². The van der Waals surface area contributed by atoms with Crippen LogP contribution in [0.25, 0.3) is 0 Å². The van der Waals surface area contributed by atoms with E-state index in [0.29, 0.717) is 11.7 Å². The van der Waals surface area contributed by atoms with Crippen molar-refractivity contribution in [1.29, 1.82) is 0 Å². The highest BCUT2D eigenvalue weighted by atomic mass is 32.1. The molecule has 0 rings (SSSR count). The first-order valence-corrected chi connectivity index (χ1v) is 3.38. The molecule has 0 bridgehead atoms. The molecule has 0 heterocycles. The van der Waals surface area contributed by atoms with Crippen LogP contribution in [0.15, 0.2) is 0 Å². The minimum atomic E-state index is -0.276. The number of hydrogen-bond donors (Lipinski definition) is 3. The Morgan fingerprint density at radius 1 is 1.60 bits per heavy atom. The van der Waals surface area contributed by atoms with Crippen LogP contribution in [0.3, 0.4) is 0 Å². The van der Waals surface area contributed by atoms with Crippen molar-refractivity contribution in [2.75, 3.05) is 13.6 Å². The van der Waals surface area contributed by atoms with Gasteiger partial charge in [-0.05, 0) is 19.1 Å². The Hall–Kier alpha value is -0.840. The fourth-order valence-electron chi connectivity index (χ4n) is 0.370. The van der Waals surface area contributed by atoms with E-state index in [1.54, 1.807) is 7.05 Å². The Bertz CT molecular complexity index is 137. The predicted molar refractivity (Wildman–Crippen MR) is 43.9 cm³/mol. The van der Waals surface area contributed by atoms with Crippen molar-refractivity contribution in [3.63, 3.8) is 0 Å². The summed E-state index contributed by atoms with van der Waals surface area (Å²) >= 11 is 4.66. The summed E-state index contributed by atoms with van der Waals surface area (Å²) in [6.45, 7) is 2.43. The van der Waals surface area contributed by atoms with Gasteiger partial charge in [0.25, 0.3) is 0 Å². The molecule has 2 amide bonds. The first-order chi connectivity index (χ1) is 4.70. The molecule has 0 aliphatic rings. The van der Waals surface area contributed by atoms with Gasteiger partial charge in [0.1, 0.15) is 0 Å². The van der Waals surface area contributed by atoms with Gasteiger partial charge in [-0.15, -0.1) is 0 Å². The van der Waals surface area contributed by atoms with Crippen LogP contribution >= 0.6 is 12.2 Å². The van der Waals surface area contributed by atoms with E-state index < -0.39 is 0 Å². The second-order valence-corrected chi connectivity index (χ2v) is 1.97. The molecule has 10 heavy (non-hydrogen) atoms. The lowest BCUT2D eigenvalue weighted by molar-refractivity contribution is 0.246. The highest BCUT2D eigenvalue weighted by Gasteiger charge is 1.97. The lowest BCUT2D eigenvalue weighted by atomic mass is 10.7. The van der Waals surface area contributed by atoms with Crippen molar-refractivity contribution < 1.29 is 4.79 Å². The molecule has 0 radical (unpaired) electrons. The van der Waals surface area contributed by atoms with E-state index in [1.165, 1.54) is 0 Å². The average Bonchev–Trinajstić information content (AvgIpc) is 1.88. The molecule has 5 heteroatoms. The fourth-order valence-corrected chi connectivity index (χ4v) is 0.463. The molecule has 0 fully saturated rings. The largest absolute Gasteiger partial charge is 0.365 e. The van der Waals surface area contributed by atoms with Crippen LogP contribution in [0.2, 0.25) is 0 Å². The lowest BCUT2D eigenvalue weighted by Gasteiger charge is -2.04. The summed E-state index contributed by atoms with van der Waals surface area (Å²) in [5.41, 5.74) is 0. The maximum atomic E-state index is 10.7. The molecule has 3 N–H and O–H groups in total. The number of thiocarbonyl (C=S) groups is 1. The second-order valence-electron chi connectivity index (χ2n) is 1.56. The van der Waals surface area contributed by atoms with Crippen LogP contribution < -0.4 is 16.0 Å². The number of carbonyl (C=O) groups excluding carboxylic acids is 1. The molecule has 58 valence electrons. The minimum Gasteiger partial charge on any atom is -0.365 e. The van der Waals surface area contributed by atoms with Crippen molar-refractivity contribution >= 4 is 23.4 Å². The molecule has 0 aromatic carbocycles. The molecule has 0 aliphatic carbocycles. The molecule has 4 nitrogen and oxygen atoms in total. The van der Waals surface area contributed by atoms with Crippen LogP contribution in [0.4, 0.5) is 4.79 Å². The predicted octanol–water partition coefficient (Wildman–Crippen LogP) is -0.190. The molecule has 0 aliphatic heterocycles. The van der Waals surface area contributed by atoms with E-state index in [9.17, 15) is 4.79 Å². The Kier molecular flexibility index (Phi) is 4.57. The van der Waals surface area contributed by atoms with Gasteiger partial charge in [0, 0.05) is 13.6 Å². The van der Waals surface area contributed by atoms with Gasteiger partial charge >= 0.3 is 6.03 Å². The summed E-state index contributed by atoms with van der Waals surface area (Å²) in [6.07, 6.45) is 0. The van der Waals surface area contributed by atoms with E-state index >= 15 is 0 Å². The normalized spacial score (nSPS) is 8.20. The Morgan fingerprint density at radius 3 is 2.60 bits per heavy atom. The van der Waals surface area contributed by atoms with Gasteiger partial charge in [-0.3, -0.25) is 5.32 Å². The second kappa shape index (κ2) is 4.99. The molecule has 0 saturated heterocycles. The van der Waals surface area contributed by atoms with E-state index in [4.69, 9.17) is 0 Å². The average molecular weight is 161 g/mol. The Balaban J connectivity index is 3.47. The Labute approximate surface area is 65.4 Å². The van der Waals surface area contributed by atoms with Crippen molar-refractivity contribution in [2.24, 2.45) is 0 Å². The summed E-state index contributed by atoms with van der Waals surface area (Å²) < 4.78 is 0. The molecule has 0 spiro atoms. The van der Waals surface area contributed by atoms with Crippen LogP contribution in [0.1, 0.15) is 6.92 Å². The fraction of sp³-hybridized carbons (Fsp3) is 0.600. The molecular formula is C5H11N3OS. The summed E-state index contributed by atoms with van der Waals surface area (Å²) in [7, 11) is 1.65. The highest BCUT2D eigenvalue weighted by Crippen LogP contribution is 1.65. The molecule has 0 atom stereocenters.